The highest BCUT2D eigenvalue weighted by Crippen LogP contribution is 2.31. The number of rotatable bonds is 5. The van der Waals surface area contributed by atoms with E-state index in [4.69, 9.17) is 0 Å². The summed E-state index contributed by atoms with van der Waals surface area (Å²) in [4.78, 5) is 15.0. The molecule has 2 fully saturated rings. The molecule has 3 atom stereocenters. The Morgan fingerprint density at radius 2 is 1.81 bits per heavy atom. The minimum Gasteiger partial charge on any atom is -0.325 e. The number of amides is 1. The Morgan fingerprint density at radius 1 is 1.19 bits per heavy atom. The van der Waals surface area contributed by atoms with Crippen molar-refractivity contribution in [2.75, 3.05) is 6.54 Å². The predicted octanol–water partition coefficient (Wildman–Crippen LogP) is 3.64. The molecule has 0 aromatic carbocycles. The van der Waals surface area contributed by atoms with Crippen molar-refractivity contribution in [3.05, 3.63) is 0 Å². The molecule has 21 heavy (non-hydrogen) atoms. The standard InChI is InChI=1S/C18H34N2O/c1-6-14(5)16-18(21)20(17(19-16)12(2)3)11-15-9-7-13(4)8-10-15/h12-17,19H,6-11H2,1-5H3. The normalized spacial score (nSPS) is 35.5. The van der Waals surface area contributed by atoms with E-state index in [0.717, 1.165) is 18.9 Å². The first-order valence-corrected chi connectivity index (χ1v) is 9.00. The van der Waals surface area contributed by atoms with Gasteiger partial charge in [0, 0.05) is 6.54 Å². The van der Waals surface area contributed by atoms with E-state index in [2.05, 4.69) is 44.8 Å². The molecular formula is C18H34N2O. The van der Waals surface area contributed by atoms with Gasteiger partial charge in [-0.05, 0) is 36.5 Å². The molecule has 1 saturated heterocycles. The first-order chi connectivity index (χ1) is 9.93. The Bertz CT molecular complexity index is 347. The number of carbonyl (C=O) groups is 1. The van der Waals surface area contributed by atoms with Gasteiger partial charge in [-0.1, -0.05) is 53.9 Å². The maximum absolute atomic E-state index is 12.8. The zero-order chi connectivity index (χ0) is 15.6. The van der Waals surface area contributed by atoms with Gasteiger partial charge in [0.25, 0.3) is 0 Å². The molecule has 1 amide bonds. The van der Waals surface area contributed by atoms with Gasteiger partial charge in [0.05, 0.1) is 12.2 Å². The summed E-state index contributed by atoms with van der Waals surface area (Å²) in [5.41, 5.74) is 0. The Morgan fingerprint density at radius 3 is 2.33 bits per heavy atom. The van der Waals surface area contributed by atoms with Crippen LogP contribution in [0.5, 0.6) is 0 Å². The molecule has 122 valence electrons. The molecule has 0 bridgehead atoms. The fourth-order valence-corrected chi connectivity index (χ4v) is 3.85. The van der Waals surface area contributed by atoms with Crippen molar-refractivity contribution in [3.8, 4) is 0 Å². The smallest absolute Gasteiger partial charge is 0.241 e. The third kappa shape index (κ3) is 3.80. The number of nitrogens with zero attached hydrogens (tertiary/aromatic N) is 1. The van der Waals surface area contributed by atoms with Crippen LogP contribution in [0.1, 0.15) is 66.7 Å². The molecule has 0 spiro atoms. The SMILES string of the molecule is CCC(C)C1NC(C(C)C)N(CC2CCC(C)CC2)C1=O. The van der Waals surface area contributed by atoms with Crippen LogP contribution in [0.2, 0.25) is 0 Å². The summed E-state index contributed by atoms with van der Waals surface area (Å²) in [5, 5.41) is 3.62. The largest absolute Gasteiger partial charge is 0.325 e. The molecule has 0 aromatic rings. The highest BCUT2D eigenvalue weighted by molar-refractivity contribution is 5.84. The van der Waals surface area contributed by atoms with Crippen LogP contribution in [0.3, 0.4) is 0 Å². The highest BCUT2D eigenvalue weighted by Gasteiger charge is 2.42. The van der Waals surface area contributed by atoms with E-state index in [1.807, 2.05) is 0 Å². The molecule has 2 rings (SSSR count). The monoisotopic (exact) mass is 294 g/mol. The van der Waals surface area contributed by atoms with Gasteiger partial charge in [0.2, 0.25) is 5.91 Å². The van der Waals surface area contributed by atoms with Crippen LogP contribution in [0, 0.1) is 23.7 Å². The van der Waals surface area contributed by atoms with E-state index in [1.165, 1.54) is 25.7 Å². The topological polar surface area (TPSA) is 32.3 Å². The first-order valence-electron chi connectivity index (χ1n) is 9.00. The number of hydrogen-bond acceptors (Lipinski definition) is 2. The average Bonchev–Trinajstić information content (AvgIpc) is 2.78. The molecule has 2 aliphatic rings. The molecule has 1 heterocycles. The summed E-state index contributed by atoms with van der Waals surface area (Å²) >= 11 is 0. The van der Waals surface area contributed by atoms with Gasteiger partial charge in [-0.25, -0.2) is 0 Å². The number of hydrogen-bond donors (Lipinski definition) is 1. The average molecular weight is 294 g/mol. The lowest BCUT2D eigenvalue weighted by molar-refractivity contribution is -0.132. The summed E-state index contributed by atoms with van der Waals surface area (Å²) in [7, 11) is 0. The lowest BCUT2D eigenvalue weighted by Gasteiger charge is -2.33. The summed E-state index contributed by atoms with van der Waals surface area (Å²) < 4.78 is 0. The van der Waals surface area contributed by atoms with Crippen LogP contribution >= 0.6 is 0 Å². The van der Waals surface area contributed by atoms with Crippen LogP contribution in [-0.4, -0.2) is 29.6 Å². The molecule has 1 aliphatic heterocycles. The Labute approximate surface area is 130 Å². The van der Waals surface area contributed by atoms with Crippen LogP contribution in [0.25, 0.3) is 0 Å². The summed E-state index contributed by atoms with van der Waals surface area (Å²) in [6.45, 7) is 12.1. The van der Waals surface area contributed by atoms with Gasteiger partial charge in [0.1, 0.15) is 0 Å². The third-order valence-electron chi connectivity index (χ3n) is 5.67. The lowest BCUT2D eigenvalue weighted by atomic mass is 9.82. The van der Waals surface area contributed by atoms with E-state index in [0.29, 0.717) is 23.7 Å². The zero-order valence-electron chi connectivity index (χ0n) is 14.6. The maximum Gasteiger partial charge on any atom is 0.241 e. The van der Waals surface area contributed by atoms with Gasteiger partial charge >= 0.3 is 0 Å². The summed E-state index contributed by atoms with van der Waals surface area (Å²) in [5.74, 6) is 2.84. The van der Waals surface area contributed by atoms with Crippen molar-refractivity contribution in [1.82, 2.24) is 10.2 Å². The molecule has 1 N–H and O–H groups in total. The fraction of sp³-hybridized carbons (Fsp3) is 0.944. The van der Waals surface area contributed by atoms with Gasteiger partial charge in [0.15, 0.2) is 0 Å². The Kier molecular flexibility index (Phi) is 5.70. The predicted molar refractivity (Wildman–Crippen MR) is 87.8 cm³/mol. The first kappa shape index (κ1) is 16.8. The van der Waals surface area contributed by atoms with E-state index < -0.39 is 0 Å². The van der Waals surface area contributed by atoms with Crippen molar-refractivity contribution in [2.45, 2.75) is 78.9 Å². The van der Waals surface area contributed by atoms with Crippen molar-refractivity contribution in [2.24, 2.45) is 23.7 Å². The van der Waals surface area contributed by atoms with E-state index >= 15 is 0 Å². The lowest BCUT2D eigenvalue weighted by Crippen LogP contribution is -2.44. The second-order valence-electron chi connectivity index (χ2n) is 7.84. The van der Waals surface area contributed by atoms with Crippen molar-refractivity contribution in [1.29, 1.82) is 0 Å². The molecule has 3 heteroatoms. The van der Waals surface area contributed by atoms with Crippen LogP contribution in [0.4, 0.5) is 0 Å². The quantitative estimate of drug-likeness (QED) is 0.839. The van der Waals surface area contributed by atoms with Crippen molar-refractivity contribution >= 4 is 5.91 Å². The van der Waals surface area contributed by atoms with Gasteiger partial charge in [-0.2, -0.15) is 0 Å². The van der Waals surface area contributed by atoms with E-state index in [1.54, 1.807) is 0 Å². The second kappa shape index (κ2) is 7.13. The van der Waals surface area contributed by atoms with E-state index in [-0.39, 0.29) is 12.2 Å². The third-order valence-corrected chi connectivity index (χ3v) is 5.67. The van der Waals surface area contributed by atoms with Gasteiger partial charge in [-0.15, -0.1) is 0 Å². The molecular weight excluding hydrogens is 260 g/mol. The highest BCUT2D eigenvalue weighted by atomic mass is 16.2. The molecule has 0 radical (unpaired) electrons. The molecule has 1 aliphatic carbocycles. The minimum atomic E-state index is 0.0323. The summed E-state index contributed by atoms with van der Waals surface area (Å²) in [6, 6.07) is 0.0323. The Hall–Kier alpha value is -0.570. The molecule has 3 unspecified atom stereocenters. The van der Waals surface area contributed by atoms with Gasteiger partial charge < -0.3 is 4.90 Å². The van der Waals surface area contributed by atoms with Crippen molar-refractivity contribution < 1.29 is 4.79 Å². The maximum atomic E-state index is 12.8. The number of carbonyl (C=O) groups excluding carboxylic acids is 1. The van der Waals surface area contributed by atoms with Crippen LogP contribution in [-0.2, 0) is 4.79 Å². The number of nitrogens with one attached hydrogen (secondary N) is 1. The molecule has 1 saturated carbocycles. The molecule has 3 nitrogen and oxygen atoms in total. The zero-order valence-corrected chi connectivity index (χ0v) is 14.6. The van der Waals surface area contributed by atoms with Crippen LogP contribution in [0.15, 0.2) is 0 Å². The molecule has 0 aromatic heterocycles. The van der Waals surface area contributed by atoms with E-state index in [9.17, 15) is 4.79 Å². The fourth-order valence-electron chi connectivity index (χ4n) is 3.85. The minimum absolute atomic E-state index is 0.0323. The second-order valence-corrected chi connectivity index (χ2v) is 7.84. The Balaban J connectivity index is 2.02. The van der Waals surface area contributed by atoms with Gasteiger partial charge in [-0.3, -0.25) is 10.1 Å². The van der Waals surface area contributed by atoms with Crippen LogP contribution < -0.4 is 5.32 Å². The summed E-state index contributed by atoms with van der Waals surface area (Å²) in [6.07, 6.45) is 6.55. The van der Waals surface area contributed by atoms with Crippen molar-refractivity contribution in [3.63, 3.8) is 0 Å².